The molecule has 0 saturated heterocycles. The highest BCUT2D eigenvalue weighted by molar-refractivity contribution is 8.00. The van der Waals surface area contributed by atoms with Gasteiger partial charge in [-0.1, -0.05) is 34.9 Å². The molecule has 2 N–H and O–H groups in total. The van der Waals surface area contributed by atoms with Crippen molar-refractivity contribution in [1.82, 2.24) is 10.6 Å². The maximum atomic E-state index is 12.1. The lowest BCUT2D eigenvalue weighted by molar-refractivity contribution is -0.120. The molecule has 0 saturated carbocycles. The molecular weight excluding hydrogens is 363 g/mol. The van der Waals surface area contributed by atoms with Crippen LogP contribution in [0.5, 0.6) is 0 Å². The van der Waals surface area contributed by atoms with Crippen molar-refractivity contribution in [3.63, 3.8) is 0 Å². The van der Waals surface area contributed by atoms with Gasteiger partial charge in [0.05, 0.1) is 10.3 Å². The summed E-state index contributed by atoms with van der Waals surface area (Å²) in [6.45, 7) is 4.35. The Kier molecular flexibility index (Phi) is 8.65. The van der Waals surface area contributed by atoms with E-state index >= 15 is 0 Å². The molecule has 0 aliphatic carbocycles. The second-order valence-corrected chi connectivity index (χ2v) is 7.10. The lowest BCUT2D eigenvalue weighted by Gasteiger charge is -2.17. The van der Waals surface area contributed by atoms with E-state index in [1.165, 1.54) is 17.3 Å². The quantitative estimate of drug-likeness (QED) is 0.600. The third-order valence-corrected chi connectivity index (χ3v) is 5.05. The average molecular weight is 382 g/mol. The van der Waals surface area contributed by atoms with E-state index in [0.29, 0.717) is 16.6 Å². The highest BCUT2D eigenvalue weighted by Crippen LogP contribution is 2.32. The molecule has 122 valence electrons. The summed E-state index contributed by atoms with van der Waals surface area (Å²) in [6, 6.07) is 5.27. The van der Waals surface area contributed by atoms with Crippen LogP contribution >= 0.6 is 47.4 Å². The largest absolute Gasteiger partial charge is 0.351 e. The maximum absolute atomic E-state index is 12.1. The van der Waals surface area contributed by atoms with Crippen molar-refractivity contribution in [3.8, 4) is 0 Å². The second kappa shape index (κ2) is 9.68. The topological polar surface area (TPSA) is 41.1 Å². The van der Waals surface area contributed by atoms with Gasteiger partial charge < -0.3 is 10.6 Å². The van der Waals surface area contributed by atoms with Gasteiger partial charge in [0.2, 0.25) is 5.91 Å². The molecule has 1 aromatic carbocycles. The van der Waals surface area contributed by atoms with Crippen molar-refractivity contribution in [1.29, 1.82) is 0 Å². The lowest BCUT2D eigenvalue weighted by atomic mass is 10.1. The van der Waals surface area contributed by atoms with Gasteiger partial charge in [0.15, 0.2) is 0 Å². The Balaban J connectivity index is 0.00000242. The molecule has 0 aromatic heterocycles. The number of amides is 1. The van der Waals surface area contributed by atoms with Gasteiger partial charge in [-0.25, -0.2) is 0 Å². The predicted molar refractivity (Wildman–Crippen MR) is 97.6 cm³/mol. The molecule has 7 heteroatoms. The summed E-state index contributed by atoms with van der Waals surface area (Å²) in [6.07, 6.45) is 3.12. The van der Waals surface area contributed by atoms with Crippen LogP contribution in [0.4, 0.5) is 0 Å². The SMILES string of the molecule is CC(Sc1cc(Cl)ccc1Cl)C(=O)NCC1=CCNCC1.Cl. The minimum absolute atomic E-state index is 0. The van der Waals surface area contributed by atoms with Crippen molar-refractivity contribution >= 4 is 53.3 Å². The van der Waals surface area contributed by atoms with Crippen LogP contribution in [-0.4, -0.2) is 30.8 Å². The summed E-state index contributed by atoms with van der Waals surface area (Å²) < 4.78 is 0. The number of hydrogen-bond acceptors (Lipinski definition) is 3. The Bertz CT molecular complexity index is 552. The smallest absolute Gasteiger partial charge is 0.233 e. The predicted octanol–water partition coefficient (Wildman–Crippen LogP) is 3.93. The second-order valence-electron chi connectivity index (χ2n) is 4.87. The number of thioether (sulfide) groups is 1. The molecule has 3 nitrogen and oxygen atoms in total. The van der Waals surface area contributed by atoms with E-state index in [0.717, 1.165) is 24.4 Å². The molecule has 0 bridgehead atoms. The Morgan fingerprint density at radius 3 is 2.91 bits per heavy atom. The first-order valence-corrected chi connectivity index (χ1v) is 8.48. The molecule has 1 aliphatic heterocycles. The Morgan fingerprint density at radius 2 is 2.23 bits per heavy atom. The molecule has 1 atom stereocenters. The monoisotopic (exact) mass is 380 g/mol. The van der Waals surface area contributed by atoms with E-state index in [4.69, 9.17) is 23.2 Å². The zero-order chi connectivity index (χ0) is 15.2. The number of rotatable bonds is 5. The zero-order valence-electron chi connectivity index (χ0n) is 12.2. The first-order valence-electron chi connectivity index (χ1n) is 6.84. The molecule has 1 aromatic rings. The summed E-state index contributed by atoms with van der Waals surface area (Å²) in [5.41, 5.74) is 1.28. The van der Waals surface area contributed by atoms with Gasteiger partial charge in [0.1, 0.15) is 0 Å². The van der Waals surface area contributed by atoms with Gasteiger partial charge in [0, 0.05) is 23.0 Å². The first kappa shape index (κ1) is 19.7. The fourth-order valence-corrected chi connectivity index (χ4v) is 3.42. The van der Waals surface area contributed by atoms with Crippen LogP contribution in [0, 0.1) is 0 Å². The van der Waals surface area contributed by atoms with Gasteiger partial charge in [-0.3, -0.25) is 4.79 Å². The summed E-state index contributed by atoms with van der Waals surface area (Å²) in [7, 11) is 0. The average Bonchev–Trinajstić information content (AvgIpc) is 2.49. The van der Waals surface area contributed by atoms with Gasteiger partial charge in [-0.05, 0) is 38.1 Å². The molecule has 0 spiro atoms. The summed E-state index contributed by atoms with van der Waals surface area (Å²) in [5, 5.41) is 7.24. The van der Waals surface area contributed by atoms with Crippen LogP contribution in [0.15, 0.2) is 34.7 Å². The van der Waals surface area contributed by atoms with Crippen LogP contribution in [0.25, 0.3) is 0 Å². The van der Waals surface area contributed by atoms with Crippen molar-refractivity contribution in [2.24, 2.45) is 0 Å². The van der Waals surface area contributed by atoms with Crippen molar-refractivity contribution in [3.05, 3.63) is 39.9 Å². The van der Waals surface area contributed by atoms with Gasteiger partial charge in [-0.2, -0.15) is 0 Å². The molecule has 0 radical (unpaired) electrons. The van der Waals surface area contributed by atoms with E-state index in [1.807, 2.05) is 6.92 Å². The van der Waals surface area contributed by atoms with Crippen LogP contribution in [0.2, 0.25) is 10.0 Å². The summed E-state index contributed by atoms with van der Waals surface area (Å²) in [4.78, 5) is 13.0. The van der Waals surface area contributed by atoms with Crippen molar-refractivity contribution < 1.29 is 4.79 Å². The lowest BCUT2D eigenvalue weighted by Crippen LogP contribution is -2.34. The highest BCUT2D eigenvalue weighted by atomic mass is 35.5. The fraction of sp³-hybridized carbons (Fsp3) is 0.400. The highest BCUT2D eigenvalue weighted by Gasteiger charge is 2.16. The zero-order valence-corrected chi connectivity index (χ0v) is 15.3. The third-order valence-electron chi connectivity index (χ3n) is 3.21. The number of halogens is 3. The van der Waals surface area contributed by atoms with E-state index in [1.54, 1.807) is 18.2 Å². The first-order chi connectivity index (χ1) is 10.1. The van der Waals surface area contributed by atoms with Crippen LogP contribution in [0.3, 0.4) is 0 Å². The summed E-state index contributed by atoms with van der Waals surface area (Å²) in [5.74, 6) is 0.00970. The normalized spacial score (nSPS) is 15.5. The van der Waals surface area contributed by atoms with E-state index in [2.05, 4.69) is 16.7 Å². The fourth-order valence-electron chi connectivity index (χ4n) is 1.99. The van der Waals surface area contributed by atoms with Crippen LogP contribution < -0.4 is 10.6 Å². The summed E-state index contributed by atoms with van der Waals surface area (Å²) >= 11 is 13.5. The molecule has 1 unspecified atom stereocenters. The van der Waals surface area contributed by atoms with Gasteiger partial charge in [-0.15, -0.1) is 24.2 Å². The van der Waals surface area contributed by atoms with E-state index in [9.17, 15) is 4.79 Å². The minimum Gasteiger partial charge on any atom is -0.351 e. The standard InChI is InChI=1S/C15H18Cl2N2OS.ClH/c1-10(21-14-8-12(16)2-3-13(14)17)15(20)19-9-11-4-6-18-7-5-11;/h2-4,8,10,18H,5-7,9H2,1H3,(H,19,20);1H. The van der Waals surface area contributed by atoms with Crippen molar-refractivity contribution in [2.75, 3.05) is 19.6 Å². The van der Waals surface area contributed by atoms with Gasteiger partial charge in [0.25, 0.3) is 0 Å². The number of carbonyl (C=O) groups is 1. The Morgan fingerprint density at radius 1 is 1.45 bits per heavy atom. The number of carbonyl (C=O) groups excluding carboxylic acids is 1. The van der Waals surface area contributed by atoms with Crippen LogP contribution in [-0.2, 0) is 4.79 Å². The third kappa shape index (κ3) is 6.01. The maximum Gasteiger partial charge on any atom is 0.233 e. The van der Waals surface area contributed by atoms with E-state index < -0.39 is 0 Å². The molecule has 1 amide bonds. The molecule has 22 heavy (non-hydrogen) atoms. The van der Waals surface area contributed by atoms with Gasteiger partial charge >= 0.3 is 0 Å². The minimum atomic E-state index is -0.219. The number of nitrogens with one attached hydrogen (secondary N) is 2. The number of benzene rings is 1. The molecule has 1 aliphatic rings. The molecule has 1 heterocycles. The molecule has 0 fully saturated rings. The van der Waals surface area contributed by atoms with Crippen molar-refractivity contribution in [2.45, 2.75) is 23.5 Å². The Hall–Kier alpha value is -0.390. The van der Waals surface area contributed by atoms with E-state index in [-0.39, 0.29) is 23.6 Å². The number of hydrogen-bond donors (Lipinski definition) is 2. The Labute approximate surface area is 151 Å². The molecule has 2 rings (SSSR count). The van der Waals surface area contributed by atoms with Crippen LogP contribution in [0.1, 0.15) is 13.3 Å². The molecular formula is C15H19Cl3N2OS.